The van der Waals surface area contributed by atoms with Gasteiger partial charge in [-0.15, -0.1) is 23.5 Å². The van der Waals surface area contributed by atoms with Crippen LogP contribution >= 0.6 is 23.5 Å². The zero-order valence-electron chi connectivity index (χ0n) is 32.8. The first-order chi connectivity index (χ1) is 25.8. The highest BCUT2D eigenvalue weighted by Gasteiger charge is 2.60. The van der Waals surface area contributed by atoms with Crippen LogP contribution in [0.4, 0.5) is 11.4 Å². The summed E-state index contributed by atoms with van der Waals surface area (Å²) in [6.45, 7) is 9.10. The predicted molar refractivity (Wildman–Crippen MR) is 230 cm³/mol. The molecule has 2 atom stereocenters. The van der Waals surface area contributed by atoms with Crippen LogP contribution in [0.15, 0.2) is 92.8 Å². The summed E-state index contributed by atoms with van der Waals surface area (Å²) in [5.74, 6) is -0.0970. The molecule has 2 amide bonds. The highest BCUT2D eigenvalue weighted by molar-refractivity contribution is 8.10. The van der Waals surface area contributed by atoms with E-state index in [0.717, 1.165) is 53.3 Å². The molecule has 4 nitrogen and oxygen atoms in total. The van der Waals surface area contributed by atoms with E-state index in [1.165, 1.54) is 123 Å². The van der Waals surface area contributed by atoms with Crippen molar-refractivity contribution in [3.05, 3.63) is 104 Å². The van der Waals surface area contributed by atoms with Gasteiger partial charge < -0.3 is 10.6 Å². The molecule has 0 saturated heterocycles. The Kier molecular flexibility index (Phi) is 13.9. The molecule has 284 valence electrons. The van der Waals surface area contributed by atoms with E-state index in [2.05, 4.69) is 74.7 Å². The van der Waals surface area contributed by atoms with Crippen molar-refractivity contribution in [1.29, 1.82) is 0 Å². The first-order valence-corrected chi connectivity index (χ1v) is 22.5. The van der Waals surface area contributed by atoms with Crippen LogP contribution in [-0.4, -0.2) is 21.3 Å². The Hall–Kier alpha value is -2.96. The Morgan fingerprint density at radius 2 is 0.906 bits per heavy atom. The number of hydrogen-bond donors (Lipinski definition) is 2. The number of benzene rings is 2. The van der Waals surface area contributed by atoms with Crippen molar-refractivity contribution in [2.75, 3.05) is 10.6 Å². The number of thioether (sulfide) groups is 2. The second-order valence-electron chi connectivity index (χ2n) is 16.0. The Labute approximate surface area is 328 Å². The zero-order chi connectivity index (χ0) is 37.3. The summed E-state index contributed by atoms with van der Waals surface area (Å²) in [5, 5.41) is 6.40. The minimum absolute atomic E-state index is 0.0485. The molecule has 2 heterocycles. The number of carbonyl (C=O) groups excluding carboxylic acids is 2. The van der Waals surface area contributed by atoms with Crippen molar-refractivity contribution in [3.63, 3.8) is 0 Å². The zero-order valence-corrected chi connectivity index (χ0v) is 34.5. The molecule has 6 rings (SSSR count). The molecule has 2 aliphatic heterocycles. The Bertz CT molecular complexity index is 1610. The number of unbranched alkanes of at least 4 members (excludes halogenated alkanes) is 12. The van der Waals surface area contributed by atoms with Gasteiger partial charge in [-0.2, -0.15) is 0 Å². The molecular formula is C47H62N2O2S2. The van der Waals surface area contributed by atoms with Crippen molar-refractivity contribution in [2.24, 2.45) is 0 Å². The van der Waals surface area contributed by atoms with Gasteiger partial charge in [-0.05, 0) is 129 Å². The molecule has 2 N–H and O–H groups in total. The summed E-state index contributed by atoms with van der Waals surface area (Å²) >= 11 is 3.35. The minimum atomic E-state index is -0.362. The lowest BCUT2D eigenvalue weighted by Gasteiger charge is -2.46. The van der Waals surface area contributed by atoms with Gasteiger partial charge in [0.1, 0.15) is 0 Å². The number of carbonyl (C=O) groups is 2. The molecule has 0 aromatic heterocycles. The molecule has 1 saturated carbocycles. The van der Waals surface area contributed by atoms with Crippen molar-refractivity contribution in [1.82, 2.24) is 0 Å². The lowest BCUT2D eigenvalue weighted by molar-refractivity contribution is -0.113. The van der Waals surface area contributed by atoms with E-state index in [-0.39, 0.29) is 21.3 Å². The molecule has 2 aliphatic carbocycles. The second kappa shape index (κ2) is 18.6. The van der Waals surface area contributed by atoms with E-state index >= 15 is 0 Å². The molecule has 0 radical (unpaired) electrons. The molecule has 1 fully saturated rings. The number of fused-ring (bicyclic) bond motifs is 4. The van der Waals surface area contributed by atoms with E-state index in [9.17, 15) is 9.59 Å². The van der Waals surface area contributed by atoms with Crippen molar-refractivity contribution >= 4 is 46.7 Å². The fraction of sp³-hybridized carbons (Fsp3) is 0.532. The van der Waals surface area contributed by atoms with Crippen LogP contribution in [-0.2, 0) is 22.4 Å². The van der Waals surface area contributed by atoms with Crippen LogP contribution in [0, 0.1) is 0 Å². The van der Waals surface area contributed by atoms with Gasteiger partial charge in [-0.3, -0.25) is 9.59 Å². The van der Waals surface area contributed by atoms with Crippen LogP contribution < -0.4 is 10.6 Å². The Balaban J connectivity index is 1.05. The molecular weight excluding hydrogens is 689 g/mol. The van der Waals surface area contributed by atoms with Crippen LogP contribution in [0.3, 0.4) is 0 Å². The number of nitrogens with one attached hydrogen (secondary N) is 2. The largest absolute Gasteiger partial charge is 0.322 e. The van der Waals surface area contributed by atoms with Gasteiger partial charge in [-0.25, -0.2) is 0 Å². The number of rotatable bonds is 20. The van der Waals surface area contributed by atoms with Crippen molar-refractivity contribution in [3.8, 4) is 0 Å². The average molecular weight is 751 g/mol. The first kappa shape index (κ1) is 39.7. The fourth-order valence-electron chi connectivity index (χ4n) is 8.63. The number of anilines is 2. The van der Waals surface area contributed by atoms with Crippen LogP contribution in [0.5, 0.6) is 0 Å². The Morgan fingerprint density at radius 1 is 0.547 bits per heavy atom. The van der Waals surface area contributed by atoms with Crippen LogP contribution in [0.25, 0.3) is 0 Å². The highest BCUT2D eigenvalue weighted by atomic mass is 32.2. The van der Waals surface area contributed by atoms with Gasteiger partial charge in [0.25, 0.3) is 11.8 Å². The second-order valence-corrected chi connectivity index (χ2v) is 18.9. The maximum Gasteiger partial charge on any atom is 0.262 e. The third kappa shape index (κ3) is 9.30. The van der Waals surface area contributed by atoms with E-state index in [1.54, 1.807) is 23.5 Å². The van der Waals surface area contributed by atoms with Crippen LogP contribution in [0.2, 0.25) is 0 Å². The van der Waals surface area contributed by atoms with Crippen molar-refractivity contribution < 1.29 is 9.59 Å². The predicted octanol–water partition coefficient (Wildman–Crippen LogP) is 13.4. The van der Waals surface area contributed by atoms with Gasteiger partial charge in [0.2, 0.25) is 0 Å². The van der Waals surface area contributed by atoms with E-state index in [1.807, 2.05) is 24.3 Å². The maximum absolute atomic E-state index is 13.8. The van der Waals surface area contributed by atoms with E-state index in [0.29, 0.717) is 0 Å². The highest BCUT2D eigenvalue weighted by Crippen LogP contribution is 2.68. The normalized spacial score (nSPS) is 21.7. The first-order valence-electron chi connectivity index (χ1n) is 20.9. The van der Waals surface area contributed by atoms with Crippen LogP contribution in [0.1, 0.15) is 148 Å². The minimum Gasteiger partial charge on any atom is -0.322 e. The topological polar surface area (TPSA) is 58.2 Å². The SMILES string of the molecule is CCCCCCCCCc1ccc(NC(=O)C2=CC3=C4CCCC4=C4C=C(C(=O)Nc5ccc(CCCCCCCCC)cc5)SC4(C)C3(C)S2)cc1. The summed E-state index contributed by atoms with van der Waals surface area (Å²) in [6, 6.07) is 16.8. The molecule has 53 heavy (non-hydrogen) atoms. The van der Waals surface area contributed by atoms with E-state index < -0.39 is 0 Å². The monoisotopic (exact) mass is 750 g/mol. The molecule has 4 aliphatic rings. The molecule has 0 bridgehead atoms. The smallest absolute Gasteiger partial charge is 0.262 e. The van der Waals surface area contributed by atoms with Gasteiger partial charge in [-0.1, -0.05) is 115 Å². The van der Waals surface area contributed by atoms with Gasteiger partial charge in [0.15, 0.2) is 0 Å². The van der Waals surface area contributed by atoms with Gasteiger partial charge >= 0.3 is 0 Å². The molecule has 2 aromatic rings. The lowest BCUT2D eigenvalue weighted by atomic mass is 9.72. The summed E-state index contributed by atoms with van der Waals surface area (Å²) in [4.78, 5) is 29.1. The van der Waals surface area contributed by atoms with Gasteiger partial charge in [0, 0.05) is 11.4 Å². The maximum atomic E-state index is 13.8. The molecule has 2 unspecified atom stereocenters. The number of aryl methyl sites for hydroxylation is 2. The average Bonchev–Trinajstić information content (AvgIpc) is 3.88. The number of hydrogen-bond acceptors (Lipinski definition) is 4. The van der Waals surface area contributed by atoms with Gasteiger partial charge in [0.05, 0.1) is 19.3 Å². The lowest BCUT2D eigenvalue weighted by Crippen LogP contribution is -2.47. The molecule has 0 spiro atoms. The molecule has 2 aromatic carbocycles. The molecule has 6 heteroatoms. The summed E-state index contributed by atoms with van der Waals surface area (Å²) in [5.41, 5.74) is 9.67. The standard InChI is InChI=1S/C47H62N2O2S2/c1-5-7-9-11-13-15-17-20-34-24-28-36(29-25-34)48-44(50)42-32-40-38-22-19-23-39(38)41-33-43(53-47(41,4)46(40,3)52-42)45(51)49-37-30-26-35(27-31-37)21-18-16-14-12-10-8-6-2/h24-33H,5-23H2,1-4H3,(H,48,50)(H,49,51). The third-order valence-corrected chi connectivity index (χ3v) is 15.2. The van der Waals surface area contributed by atoms with Crippen molar-refractivity contribution in [2.45, 2.75) is 159 Å². The fourth-order valence-corrected chi connectivity index (χ4v) is 11.6. The summed E-state index contributed by atoms with van der Waals surface area (Å²) in [6.07, 6.45) is 28.0. The number of amides is 2. The summed E-state index contributed by atoms with van der Waals surface area (Å²) in [7, 11) is 0. The number of allylic oxidation sites excluding steroid dienone is 4. The third-order valence-electron chi connectivity index (χ3n) is 12.0. The Morgan fingerprint density at radius 3 is 1.28 bits per heavy atom. The van der Waals surface area contributed by atoms with E-state index in [4.69, 9.17) is 0 Å². The quantitative estimate of drug-likeness (QED) is 0.132. The summed E-state index contributed by atoms with van der Waals surface area (Å²) < 4.78 is -0.723.